The van der Waals surface area contributed by atoms with Gasteiger partial charge in [-0.25, -0.2) is 0 Å². The van der Waals surface area contributed by atoms with Crippen molar-refractivity contribution in [2.75, 3.05) is 5.32 Å². The molecule has 0 fully saturated rings. The summed E-state index contributed by atoms with van der Waals surface area (Å²) in [7, 11) is 0. The van der Waals surface area contributed by atoms with E-state index in [0.29, 0.717) is 0 Å². The van der Waals surface area contributed by atoms with Crippen LogP contribution in [0.25, 0.3) is 0 Å². The quantitative estimate of drug-likeness (QED) is 0.873. The van der Waals surface area contributed by atoms with Gasteiger partial charge >= 0.3 is 0 Å². The monoisotopic (exact) mass is 351 g/mol. The van der Waals surface area contributed by atoms with Gasteiger partial charge in [-0.15, -0.1) is 0 Å². The molecule has 0 saturated heterocycles. The van der Waals surface area contributed by atoms with Crippen LogP contribution in [0.2, 0.25) is 0 Å². The van der Waals surface area contributed by atoms with Crippen LogP contribution >= 0.6 is 27.7 Å². The number of carbonyl (C=O) groups is 1. The first-order valence-corrected chi connectivity index (χ1v) is 7.64. The molecule has 0 atom stereocenters. The zero-order valence-corrected chi connectivity index (χ0v) is 13.3. The maximum absolute atomic E-state index is 10.9. The molecular weight excluding hydrogens is 338 g/mol. The summed E-state index contributed by atoms with van der Waals surface area (Å²) in [5, 5.41) is 11.9. The topological polar surface area (TPSA) is 49.3 Å². The fourth-order valence-corrected chi connectivity index (χ4v) is 3.18. The number of aliphatic hydroxyl groups excluding tert-OH is 1. The number of hydrogen-bond acceptors (Lipinski definition) is 3. The van der Waals surface area contributed by atoms with E-state index in [1.807, 2.05) is 42.5 Å². The molecule has 0 aliphatic rings. The van der Waals surface area contributed by atoms with Crippen LogP contribution in [0.15, 0.2) is 56.7 Å². The molecule has 0 aliphatic heterocycles. The molecule has 0 saturated carbocycles. The fourth-order valence-electron chi connectivity index (χ4n) is 1.67. The van der Waals surface area contributed by atoms with E-state index >= 15 is 0 Å². The molecule has 20 heavy (non-hydrogen) atoms. The van der Waals surface area contributed by atoms with E-state index in [4.69, 9.17) is 5.11 Å². The molecule has 1 amide bonds. The van der Waals surface area contributed by atoms with Crippen molar-refractivity contribution in [1.82, 2.24) is 0 Å². The van der Waals surface area contributed by atoms with Gasteiger partial charge in [0.25, 0.3) is 0 Å². The molecule has 5 heteroatoms. The van der Waals surface area contributed by atoms with Crippen LogP contribution in [-0.2, 0) is 11.4 Å². The van der Waals surface area contributed by atoms with Gasteiger partial charge in [0.05, 0.1) is 6.61 Å². The van der Waals surface area contributed by atoms with E-state index in [9.17, 15) is 4.79 Å². The first-order chi connectivity index (χ1) is 9.58. The molecule has 104 valence electrons. The van der Waals surface area contributed by atoms with Crippen molar-refractivity contribution in [3.63, 3.8) is 0 Å². The normalized spacial score (nSPS) is 10.3. The lowest BCUT2D eigenvalue weighted by Gasteiger charge is -2.06. The Hall–Kier alpha value is -1.30. The average Bonchev–Trinajstić information content (AvgIpc) is 2.41. The summed E-state index contributed by atoms with van der Waals surface area (Å²) in [5.74, 6) is -0.0751. The van der Waals surface area contributed by atoms with Crippen molar-refractivity contribution in [2.24, 2.45) is 0 Å². The van der Waals surface area contributed by atoms with Crippen LogP contribution in [0.1, 0.15) is 12.5 Å². The summed E-state index contributed by atoms with van der Waals surface area (Å²) in [4.78, 5) is 13.1. The second kappa shape index (κ2) is 6.92. The Kier molecular flexibility index (Phi) is 5.23. The molecule has 0 aliphatic carbocycles. The highest BCUT2D eigenvalue weighted by Crippen LogP contribution is 2.31. The van der Waals surface area contributed by atoms with Crippen molar-refractivity contribution in [3.05, 3.63) is 52.5 Å². The zero-order valence-electron chi connectivity index (χ0n) is 10.9. The fraction of sp³-hybridized carbons (Fsp3) is 0.133. The predicted octanol–water partition coefficient (Wildman–Crippen LogP) is 4.05. The van der Waals surface area contributed by atoms with Gasteiger partial charge < -0.3 is 10.4 Å². The minimum atomic E-state index is -0.0751. The number of amides is 1. The van der Waals surface area contributed by atoms with Crippen molar-refractivity contribution in [3.8, 4) is 0 Å². The summed E-state index contributed by atoms with van der Waals surface area (Å²) in [6, 6.07) is 13.5. The highest BCUT2D eigenvalue weighted by atomic mass is 79.9. The van der Waals surface area contributed by atoms with Crippen LogP contribution in [0.3, 0.4) is 0 Å². The molecule has 0 unspecified atom stereocenters. The number of aliphatic hydroxyl groups is 1. The number of anilines is 1. The van der Waals surface area contributed by atoms with Crippen LogP contribution in [-0.4, -0.2) is 11.0 Å². The number of carbonyl (C=O) groups excluding carboxylic acids is 1. The Morgan fingerprint density at radius 3 is 2.40 bits per heavy atom. The van der Waals surface area contributed by atoms with Gasteiger partial charge in [0.2, 0.25) is 5.91 Å². The standard InChI is InChI=1S/C15H14BrNO2S/c1-10(19)17-12-3-6-13(7-4-12)20-14-5-2-11(9-18)15(16)8-14/h2-8,18H,9H2,1H3,(H,17,19). The SMILES string of the molecule is CC(=O)Nc1ccc(Sc2ccc(CO)c(Br)c2)cc1. The number of hydrogen-bond donors (Lipinski definition) is 2. The van der Waals surface area contributed by atoms with Crippen LogP contribution in [0.4, 0.5) is 5.69 Å². The van der Waals surface area contributed by atoms with E-state index in [1.54, 1.807) is 11.8 Å². The predicted molar refractivity (Wildman–Crippen MR) is 84.9 cm³/mol. The number of benzene rings is 2. The van der Waals surface area contributed by atoms with E-state index in [-0.39, 0.29) is 12.5 Å². The van der Waals surface area contributed by atoms with Gasteiger partial charge in [0.1, 0.15) is 0 Å². The number of nitrogens with one attached hydrogen (secondary N) is 1. The third-order valence-corrected chi connectivity index (χ3v) is 4.34. The maximum Gasteiger partial charge on any atom is 0.221 e. The van der Waals surface area contributed by atoms with Crippen LogP contribution < -0.4 is 5.32 Å². The molecular formula is C15H14BrNO2S. The van der Waals surface area contributed by atoms with Gasteiger partial charge in [0.15, 0.2) is 0 Å². The lowest BCUT2D eigenvalue weighted by Crippen LogP contribution is -2.05. The molecule has 2 rings (SSSR count). The minimum Gasteiger partial charge on any atom is -0.392 e. The first kappa shape index (κ1) is 15.1. The van der Waals surface area contributed by atoms with Gasteiger partial charge in [-0.1, -0.05) is 33.8 Å². The smallest absolute Gasteiger partial charge is 0.221 e. The van der Waals surface area contributed by atoms with Crippen molar-refractivity contribution < 1.29 is 9.90 Å². The highest BCUT2D eigenvalue weighted by Gasteiger charge is 2.03. The van der Waals surface area contributed by atoms with E-state index < -0.39 is 0 Å². The summed E-state index contributed by atoms with van der Waals surface area (Å²) in [6.45, 7) is 1.51. The molecule has 0 heterocycles. The third kappa shape index (κ3) is 4.10. The molecule has 2 aromatic carbocycles. The largest absolute Gasteiger partial charge is 0.392 e. The second-order valence-electron chi connectivity index (χ2n) is 4.22. The van der Waals surface area contributed by atoms with Gasteiger partial charge in [0, 0.05) is 26.9 Å². The highest BCUT2D eigenvalue weighted by molar-refractivity contribution is 9.10. The first-order valence-electron chi connectivity index (χ1n) is 6.03. The zero-order chi connectivity index (χ0) is 14.5. The molecule has 0 radical (unpaired) electrons. The Balaban J connectivity index is 2.10. The molecule has 3 nitrogen and oxygen atoms in total. The summed E-state index contributed by atoms with van der Waals surface area (Å²) in [6.07, 6.45) is 0. The van der Waals surface area contributed by atoms with E-state index in [1.165, 1.54) is 6.92 Å². The number of halogens is 1. The molecule has 2 aromatic rings. The Morgan fingerprint density at radius 1 is 1.20 bits per heavy atom. The van der Waals surface area contributed by atoms with Crippen molar-refractivity contribution >= 4 is 39.3 Å². The van der Waals surface area contributed by atoms with Crippen LogP contribution in [0, 0.1) is 0 Å². The third-order valence-electron chi connectivity index (χ3n) is 2.61. The van der Waals surface area contributed by atoms with E-state index in [0.717, 1.165) is 25.5 Å². The van der Waals surface area contributed by atoms with Gasteiger partial charge in [-0.3, -0.25) is 4.79 Å². The molecule has 2 N–H and O–H groups in total. The van der Waals surface area contributed by atoms with Crippen molar-refractivity contribution in [1.29, 1.82) is 0 Å². The lowest BCUT2D eigenvalue weighted by atomic mass is 10.2. The van der Waals surface area contributed by atoms with Crippen molar-refractivity contribution in [2.45, 2.75) is 23.3 Å². The summed E-state index contributed by atoms with van der Waals surface area (Å²) in [5.41, 5.74) is 1.66. The van der Waals surface area contributed by atoms with Crippen LogP contribution in [0.5, 0.6) is 0 Å². The lowest BCUT2D eigenvalue weighted by molar-refractivity contribution is -0.114. The second-order valence-corrected chi connectivity index (χ2v) is 6.22. The Bertz CT molecular complexity index is 614. The summed E-state index contributed by atoms with van der Waals surface area (Å²) >= 11 is 5.06. The minimum absolute atomic E-state index is 0.0247. The Morgan fingerprint density at radius 2 is 1.85 bits per heavy atom. The maximum atomic E-state index is 10.9. The average molecular weight is 352 g/mol. The van der Waals surface area contributed by atoms with Gasteiger partial charge in [-0.2, -0.15) is 0 Å². The van der Waals surface area contributed by atoms with E-state index in [2.05, 4.69) is 21.2 Å². The van der Waals surface area contributed by atoms with Gasteiger partial charge in [-0.05, 0) is 42.0 Å². The number of rotatable bonds is 4. The molecule has 0 spiro atoms. The molecule has 0 aromatic heterocycles. The molecule has 0 bridgehead atoms. The Labute approximate surface area is 130 Å². The summed E-state index contributed by atoms with van der Waals surface area (Å²) < 4.78 is 0.903.